The molecule has 0 heterocycles. The standard InChI is InChI=1S/C39H82O3S4Si/c1-4-7-10-13-16-19-22-25-28-31-34-40-47(37-39(45,46)38(43)44,41-35-32-29-26-23-20-17-14-11-8-5-2)42-36-33-30-27-24-21-18-15-12-9-6-3/h38,43-46H,4-37H2,1-3H3. The fourth-order valence-corrected chi connectivity index (χ4v) is 10.6. The fourth-order valence-electron chi connectivity index (χ4n) is 6.14. The van der Waals surface area contributed by atoms with E-state index in [2.05, 4.69) is 46.0 Å². The van der Waals surface area contributed by atoms with Crippen molar-refractivity contribution >= 4 is 59.3 Å². The molecule has 0 aromatic heterocycles. The van der Waals surface area contributed by atoms with Gasteiger partial charge >= 0.3 is 8.80 Å². The van der Waals surface area contributed by atoms with Gasteiger partial charge in [-0.3, -0.25) is 0 Å². The first kappa shape index (κ1) is 48.5. The highest BCUT2D eigenvalue weighted by molar-refractivity contribution is 8.07. The number of thiol groups is 4. The fraction of sp³-hybridized carbons (Fsp3) is 1.00. The normalized spacial score (nSPS) is 12.5. The molecule has 0 saturated carbocycles. The van der Waals surface area contributed by atoms with Crippen LogP contribution in [0.2, 0.25) is 6.04 Å². The van der Waals surface area contributed by atoms with E-state index in [1.165, 1.54) is 173 Å². The molecule has 0 N–H and O–H groups in total. The molecular formula is C39H82O3S4Si. The SMILES string of the molecule is CCCCCCCCCCCCO[Si](CC(S)(S)C(S)S)(OCCCCCCCCCCCC)OCCCCCCCCCCCC. The van der Waals surface area contributed by atoms with Crippen molar-refractivity contribution in [1.82, 2.24) is 0 Å². The Labute approximate surface area is 318 Å². The predicted molar refractivity (Wildman–Crippen MR) is 226 cm³/mol. The van der Waals surface area contributed by atoms with Crippen LogP contribution in [-0.4, -0.2) is 37.3 Å². The van der Waals surface area contributed by atoms with E-state index >= 15 is 0 Å². The number of hydrogen-bond donors (Lipinski definition) is 4. The minimum Gasteiger partial charge on any atom is -0.373 e. The third kappa shape index (κ3) is 31.9. The van der Waals surface area contributed by atoms with Crippen LogP contribution in [0, 0.1) is 0 Å². The molecule has 0 aromatic carbocycles. The van der Waals surface area contributed by atoms with Crippen molar-refractivity contribution in [1.29, 1.82) is 0 Å². The van der Waals surface area contributed by atoms with Crippen LogP contribution in [-0.2, 0) is 13.3 Å². The second-order valence-corrected chi connectivity index (χ2v) is 20.2. The van der Waals surface area contributed by atoms with E-state index < -0.39 is 12.9 Å². The second kappa shape index (κ2) is 35.9. The Kier molecular flexibility index (Phi) is 37.0. The van der Waals surface area contributed by atoms with Crippen molar-refractivity contribution in [3.63, 3.8) is 0 Å². The zero-order chi connectivity index (χ0) is 34.7. The summed E-state index contributed by atoms with van der Waals surface area (Å²) >= 11 is 19.0. The quantitative estimate of drug-likeness (QED) is 0.0218. The van der Waals surface area contributed by atoms with Crippen molar-refractivity contribution < 1.29 is 13.3 Å². The van der Waals surface area contributed by atoms with Crippen LogP contribution in [0.15, 0.2) is 0 Å². The maximum Gasteiger partial charge on any atom is 0.503 e. The van der Waals surface area contributed by atoms with E-state index in [9.17, 15) is 0 Å². The van der Waals surface area contributed by atoms with Crippen LogP contribution >= 0.6 is 50.5 Å². The maximum absolute atomic E-state index is 6.70. The Balaban J connectivity index is 4.87. The topological polar surface area (TPSA) is 27.7 Å². The lowest BCUT2D eigenvalue weighted by molar-refractivity contribution is 0.0549. The predicted octanol–water partition coefficient (Wildman–Crippen LogP) is 14.5. The summed E-state index contributed by atoms with van der Waals surface area (Å²) in [5.41, 5.74) is 0. The van der Waals surface area contributed by atoms with Gasteiger partial charge in [0.05, 0.1) is 8.66 Å². The Hall–Kier alpha value is 1.50. The molecule has 0 unspecified atom stereocenters. The Morgan fingerprint density at radius 2 is 0.596 bits per heavy atom. The van der Waals surface area contributed by atoms with E-state index in [0.29, 0.717) is 25.9 Å². The Bertz CT molecular complexity index is 562. The zero-order valence-electron chi connectivity index (χ0n) is 31.6. The van der Waals surface area contributed by atoms with Gasteiger partial charge in [-0.1, -0.05) is 194 Å². The third-order valence-corrected chi connectivity index (χ3v) is 15.4. The molecule has 8 heteroatoms. The van der Waals surface area contributed by atoms with Crippen LogP contribution in [0.5, 0.6) is 0 Å². The number of hydrogen-bond acceptors (Lipinski definition) is 7. The zero-order valence-corrected chi connectivity index (χ0v) is 36.2. The van der Waals surface area contributed by atoms with Crippen LogP contribution in [0.4, 0.5) is 0 Å². The van der Waals surface area contributed by atoms with E-state index in [1.54, 1.807) is 0 Å². The average molecular weight is 755 g/mol. The molecule has 0 saturated heterocycles. The van der Waals surface area contributed by atoms with Crippen LogP contribution in [0.1, 0.15) is 213 Å². The Morgan fingerprint density at radius 1 is 0.383 bits per heavy atom. The van der Waals surface area contributed by atoms with Gasteiger partial charge in [0.15, 0.2) is 0 Å². The molecule has 0 aliphatic carbocycles. The molecule has 0 aliphatic heterocycles. The van der Waals surface area contributed by atoms with Gasteiger partial charge in [-0.05, 0) is 19.3 Å². The van der Waals surface area contributed by atoms with Gasteiger partial charge in [0, 0.05) is 25.9 Å². The van der Waals surface area contributed by atoms with Crippen molar-refractivity contribution in [2.24, 2.45) is 0 Å². The molecule has 0 radical (unpaired) electrons. The van der Waals surface area contributed by atoms with Gasteiger partial charge in [0.1, 0.15) is 0 Å². The highest BCUT2D eigenvalue weighted by Gasteiger charge is 2.48. The molecule has 0 spiro atoms. The average Bonchev–Trinajstić information content (AvgIpc) is 3.04. The minimum absolute atomic E-state index is 0.316. The van der Waals surface area contributed by atoms with Gasteiger partial charge in [0.25, 0.3) is 0 Å². The first-order chi connectivity index (χ1) is 22.8. The van der Waals surface area contributed by atoms with E-state index in [-0.39, 0.29) is 4.58 Å². The highest BCUT2D eigenvalue weighted by atomic mass is 32.2. The lowest BCUT2D eigenvalue weighted by Gasteiger charge is -2.36. The molecule has 284 valence electrons. The number of unbranched alkanes of at least 4 members (excludes halogenated alkanes) is 27. The van der Waals surface area contributed by atoms with Gasteiger partial charge in [-0.25, -0.2) is 0 Å². The summed E-state index contributed by atoms with van der Waals surface area (Å²) in [6.45, 7) is 8.90. The first-order valence-corrected chi connectivity index (χ1v) is 24.4. The molecule has 0 rings (SSSR count). The van der Waals surface area contributed by atoms with Crippen molar-refractivity contribution in [3.8, 4) is 0 Å². The van der Waals surface area contributed by atoms with Crippen molar-refractivity contribution in [2.45, 2.75) is 228 Å². The largest absolute Gasteiger partial charge is 0.503 e. The summed E-state index contributed by atoms with van der Waals surface area (Å²) in [6, 6.07) is 0.511. The smallest absolute Gasteiger partial charge is 0.373 e. The van der Waals surface area contributed by atoms with Gasteiger partial charge in [-0.15, -0.1) is 0 Å². The van der Waals surface area contributed by atoms with E-state index in [4.69, 9.17) is 38.5 Å². The van der Waals surface area contributed by atoms with Crippen LogP contribution in [0.3, 0.4) is 0 Å². The summed E-state index contributed by atoms with van der Waals surface area (Å²) in [7, 11) is -3.03. The monoisotopic (exact) mass is 754 g/mol. The molecule has 0 fully saturated rings. The summed E-state index contributed by atoms with van der Waals surface area (Å²) in [6.07, 6.45) is 39.3. The lowest BCUT2D eigenvalue weighted by atomic mass is 10.1. The summed E-state index contributed by atoms with van der Waals surface area (Å²) < 4.78 is 19.0. The van der Waals surface area contributed by atoms with Crippen molar-refractivity contribution in [3.05, 3.63) is 0 Å². The van der Waals surface area contributed by atoms with Gasteiger partial charge in [-0.2, -0.15) is 50.5 Å². The second-order valence-electron chi connectivity index (χ2n) is 14.2. The minimum atomic E-state index is -3.03. The maximum atomic E-state index is 6.70. The molecule has 0 bridgehead atoms. The van der Waals surface area contributed by atoms with Crippen molar-refractivity contribution in [2.75, 3.05) is 19.8 Å². The first-order valence-electron chi connectivity index (χ1n) is 20.6. The van der Waals surface area contributed by atoms with Gasteiger partial charge in [0.2, 0.25) is 0 Å². The molecule has 0 atom stereocenters. The molecule has 47 heavy (non-hydrogen) atoms. The Morgan fingerprint density at radius 3 is 0.809 bits per heavy atom. The molecule has 3 nitrogen and oxygen atoms in total. The van der Waals surface area contributed by atoms with E-state index in [1.807, 2.05) is 0 Å². The van der Waals surface area contributed by atoms with E-state index in [0.717, 1.165) is 19.3 Å². The number of rotatable bonds is 39. The summed E-state index contributed by atoms with van der Waals surface area (Å²) in [5, 5.41) is 0. The molecule has 0 aromatic rings. The van der Waals surface area contributed by atoms with Crippen LogP contribution in [0.25, 0.3) is 0 Å². The summed E-state index contributed by atoms with van der Waals surface area (Å²) in [4.78, 5) is 0. The lowest BCUT2D eigenvalue weighted by Crippen LogP contribution is -2.51. The third-order valence-electron chi connectivity index (χ3n) is 9.35. The molecule has 0 amide bonds. The summed E-state index contributed by atoms with van der Waals surface area (Å²) in [5.74, 6) is 0. The molecule has 0 aliphatic rings. The van der Waals surface area contributed by atoms with Crippen LogP contribution < -0.4 is 0 Å². The van der Waals surface area contributed by atoms with Gasteiger partial charge < -0.3 is 13.3 Å². The highest BCUT2D eigenvalue weighted by Crippen LogP contribution is 2.40. The molecular weight excluding hydrogens is 673 g/mol.